The summed E-state index contributed by atoms with van der Waals surface area (Å²) in [5.74, 6) is 0. The van der Waals surface area contributed by atoms with Crippen LogP contribution in [0.15, 0.2) is 44.4 Å². The first-order valence-electron chi connectivity index (χ1n) is 5.00. The second-order valence-corrected chi connectivity index (χ2v) is 4.59. The number of rotatable bonds is 0. The average molecular weight is 291 g/mol. The van der Waals surface area contributed by atoms with Gasteiger partial charge in [-0.25, -0.2) is 0 Å². The van der Waals surface area contributed by atoms with Gasteiger partial charge < -0.3 is 9.97 Å². The SMILES string of the molecule is O=c1[nH]c2ccc3c(Br)cccc3c2[nH]c1=O. The van der Waals surface area contributed by atoms with E-state index in [2.05, 4.69) is 25.9 Å². The van der Waals surface area contributed by atoms with Gasteiger partial charge in [0, 0.05) is 9.86 Å². The van der Waals surface area contributed by atoms with Crippen molar-refractivity contribution in [3.8, 4) is 0 Å². The molecule has 0 fully saturated rings. The van der Waals surface area contributed by atoms with Crippen LogP contribution in [0.3, 0.4) is 0 Å². The number of aromatic nitrogens is 2. The molecule has 0 bridgehead atoms. The third kappa shape index (κ3) is 1.51. The van der Waals surface area contributed by atoms with Crippen molar-refractivity contribution < 1.29 is 0 Å². The minimum atomic E-state index is -0.634. The largest absolute Gasteiger partial charge is 0.316 e. The lowest BCUT2D eigenvalue weighted by atomic mass is 10.1. The lowest BCUT2D eigenvalue weighted by Gasteiger charge is -2.04. The van der Waals surface area contributed by atoms with Crippen LogP contribution in [-0.2, 0) is 0 Å². The number of aromatic amines is 2. The Morgan fingerprint density at radius 2 is 1.65 bits per heavy atom. The summed E-state index contributed by atoms with van der Waals surface area (Å²) in [6, 6.07) is 9.39. The van der Waals surface area contributed by atoms with E-state index in [4.69, 9.17) is 0 Å². The molecule has 0 radical (unpaired) electrons. The van der Waals surface area contributed by atoms with Gasteiger partial charge in [0.1, 0.15) is 0 Å². The maximum Gasteiger partial charge on any atom is 0.314 e. The van der Waals surface area contributed by atoms with Crippen LogP contribution < -0.4 is 11.1 Å². The fourth-order valence-corrected chi connectivity index (χ4v) is 2.41. The fraction of sp³-hybridized carbons (Fsp3) is 0. The Labute approximate surface area is 103 Å². The second-order valence-electron chi connectivity index (χ2n) is 3.73. The summed E-state index contributed by atoms with van der Waals surface area (Å²) in [7, 11) is 0. The first-order chi connectivity index (χ1) is 8.16. The molecule has 3 rings (SSSR count). The molecule has 0 atom stereocenters. The second kappa shape index (κ2) is 3.56. The molecule has 0 aliphatic rings. The standard InChI is InChI=1S/C12H7BrN2O2/c13-8-3-1-2-7-6(8)4-5-9-10(7)15-12(17)11(16)14-9/h1-5H,(H,14,16)(H,15,17). The molecule has 0 aliphatic carbocycles. The molecule has 4 nitrogen and oxygen atoms in total. The Kier molecular flexibility index (Phi) is 2.16. The van der Waals surface area contributed by atoms with Gasteiger partial charge in [0.05, 0.1) is 11.0 Å². The van der Waals surface area contributed by atoms with Gasteiger partial charge in [-0.15, -0.1) is 0 Å². The highest BCUT2D eigenvalue weighted by molar-refractivity contribution is 9.10. The van der Waals surface area contributed by atoms with E-state index in [1.165, 1.54) is 0 Å². The van der Waals surface area contributed by atoms with Crippen molar-refractivity contribution in [1.29, 1.82) is 0 Å². The molecule has 2 aromatic carbocycles. The van der Waals surface area contributed by atoms with E-state index in [1.807, 2.05) is 24.3 Å². The van der Waals surface area contributed by atoms with Crippen LogP contribution in [0, 0.1) is 0 Å². The molecule has 0 saturated heterocycles. The highest BCUT2D eigenvalue weighted by Gasteiger charge is 2.05. The molecule has 3 aromatic rings. The van der Waals surface area contributed by atoms with Crippen LogP contribution in [0.2, 0.25) is 0 Å². The Bertz CT molecular complexity index is 848. The molecular weight excluding hydrogens is 284 g/mol. The Morgan fingerprint density at radius 1 is 0.882 bits per heavy atom. The molecule has 2 N–H and O–H groups in total. The van der Waals surface area contributed by atoms with E-state index >= 15 is 0 Å². The number of nitrogens with one attached hydrogen (secondary N) is 2. The van der Waals surface area contributed by atoms with Gasteiger partial charge in [-0.2, -0.15) is 0 Å². The number of halogens is 1. The van der Waals surface area contributed by atoms with Crippen molar-refractivity contribution in [2.75, 3.05) is 0 Å². The highest BCUT2D eigenvalue weighted by atomic mass is 79.9. The lowest BCUT2D eigenvalue weighted by Crippen LogP contribution is -2.28. The number of hydrogen-bond donors (Lipinski definition) is 2. The van der Waals surface area contributed by atoms with Crippen molar-refractivity contribution in [2.24, 2.45) is 0 Å². The zero-order valence-corrected chi connectivity index (χ0v) is 10.2. The lowest BCUT2D eigenvalue weighted by molar-refractivity contribution is 1.15. The van der Waals surface area contributed by atoms with Crippen molar-refractivity contribution >= 4 is 37.7 Å². The van der Waals surface area contributed by atoms with Crippen molar-refractivity contribution in [3.63, 3.8) is 0 Å². The third-order valence-corrected chi connectivity index (χ3v) is 3.39. The van der Waals surface area contributed by atoms with Gasteiger partial charge in [0.15, 0.2) is 0 Å². The predicted octanol–water partition coefficient (Wildman–Crippen LogP) is 2.13. The quantitative estimate of drug-likeness (QED) is 0.492. The summed E-state index contributed by atoms with van der Waals surface area (Å²) in [4.78, 5) is 27.7. The molecule has 0 amide bonds. The molecule has 0 unspecified atom stereocenters. The zero-order chi connectivity index (χ0) is 12.0. The molecule has 1 heterocycles. The van der Waals surface area contributed by atoms with Gasteiger partial charge in [0.25, 0.3) is 0 Å². The molecule has 0 spiro atoms. The number of fused-ring (bicyclic) bond motifs is 3. The molecule has 17 heavy (non-hydrogen) atoms. The van der Waals surface area contributed by atoms with Crippen molar-refractivity contribution in [2.45, 2.75) is 0 Å². The van der Waals surface area contributed by atoms with Crippen molar-refractivity contribution in [1.82, 2.24) is 9.97 Å². The molecule has 5 heteroatoms. The van der Waals surface area contributed by atoms with Crippen LogP contribution in [-0.4, -0.2) is 9.97 Å². The van der Waals surface area contributed by atoms with Gasteiger partial charge in [0.2, 0.25) is 0 Å². The van der Waals surface area contributed by atoms with Crippen LogP contribution in [0.25, 0.3) is 21.8 Å². The summed E-state index contributed by atoms with van der Waals surface area (Å²) in [5.41, 5.74) is 0.00502. The topological polar surface area (TPSA) is 65.7 Å². The summed E-state index contributed by atoms with van der Waals surface area (Å²) in [6.07, 6.45) is 0. The van der Waals surface area contributed by atoms with Crippen LogP contribution in [0.4, 0.5) is 0 Å². The minimum absolute atomic E-state index is 0.625. The Hall–Kier alpha value is -1.88. The highest BCUT2D eigenvalue weighted by Crippen LogP contribution is 2.27. The normalized spacial score (nSPS) is 11.1. The van der Waals surface area contributed by atoms with Crippen molar-refractivity contribution in [3.05, 3.63) is 55.5 Å². The maximum atomic E-state index is 11.4. The molecule has 84 valence electrons. The smallest absolute Gasteiger partial charge is 0.314 e. The van der Waals surface area contributed by atoms with Crippen LogP contribution >= 0.6 is 15.9 Å². The number of benzene rings is 2. The third-order valence-electron chi connectivity index (χ3n) is 2.70. The number of H-pyrrole nitrogens is 2. The van der Waals surface area contributed by atoms with Crippen LogP contribution in [0.5, 0.6) is 0 Å². The molecule has 0 aliphatic heterocycles. The summed E-state index contributed by atoms with van der Waals surface area (Å²) in [5, 5.41) is 1.88. The van der Waals surface area contributed by atoms with E-state index in [-0.39, 0.29) is 0 Å². The Balaban J connectivity index is 2.65. The molecular formula is C12H7BrN2O2. The zero-order valence-electron chi connectivity index (χ0n) is 8.58. The predicted molar refractivity (Wildman–Crippen MR) is 70.4 cm³/mol. The molecule has 1 aromatic heterocycles. The van der Waals surface area contributed by atoms with E-state index in [9.17, 15) is 9.59 Å². The van der Waals surface area contributed by atoms with Gasteiger partial charge in [-0.3, -0.25) is 9.59 Å². The summed E-state index contributed by atoms with van der Waals surface area (Å²) in [6.45, 7) is 0. The monoisotopic (exact) mass is 290 g/mol. The number of hydrogen-bond acceptors (Lipinski definition) is 2. The van der Waals surface area contributed by atoms with E-state index in [0.29, 0.717) is 11.0 Å². The van der Waals surface area contributed by atoms with E-state index < -0.39 is 11.1 Å². The molecule has 0 saturated carbocycles. The average Bonchev–Trinajstić information content (AvgIpc) is 2.31. The van der Waals surface area contributed by atoms with E-state index in [0.717, 1.165) is 15.2 Å². The first-order valence-corrected chi connectivity index (χ1v) is 5.79. The summed E-state index contributed by atoms with van der Waals surface area (Å²) >= 11 is 3.45. The van der Waals surface area contributed by atoms with Crippen LogP contribution in [0.1, 0.15) is 0 Å². The Morgan fingerprint density at radius 3 is 2.47 bits per heavy atom. The van der Waals surface area contributed by atoms with E-state index in [1.54, 1.807) is 6.07 Å². The van der Waals surface area contributed by atoms with Gasteiger partial charge in [-0.1, -0.05) is 34.1 Å². The van der Waals surface area contributed by atoms with Gasteiger partial charge >= 0.3 is 11.1 Å². The van der Waals surface area contributed by atoms with Gasteiger partial charge in [-0.05, 0) is 17.5 Å². The minimum Gasteiger partial charge on any atom is -0.316 e. The first kappa shape index (κ1) is 10.3. The maximum absolute atomic E-state index is 11.4. The fourth-order valence-electron chi connectivity index (χ4n) is 1.91. The summed E-state index contributed by atoms with van der Waals surface area (Å²) < 4.78 is 0.948.